The number of benzene rings is 2. The van der Waals surface area contributed by atoms with Crippen molar-refractivity contribution in [1.82, 2.24) is 0 Å². The van der Waals surface area contributed by atoms with Crippen molar-refractivity contribution in [2.24, 2.45) is 0 Å². The molecule has 0 aliphatic carbocycles. The maximum absolute atomic E-state index is 13.5. The number of rotatable bonds is 4. The zero-order chi connectivity index (χ0) is 15.4. The standard InChI is InChI=1S/C14H11FN2O3S/c1-9(18)16-10-5-7-11(8-6-10)21-13-4-2-3-12(15)14(13)17(19)20/h2-8H,1H3,(H,16,18). The van der Waals surface area contributed by atoms with E-state index in [2.05, 4.69) is 5.32 Å². The fraction of sp³-hybridized carbons (Fsp3) is 0.0714. The van der Waals surface area contributed by atoms with Gasteiger partial charge in [-0.1, -0.05) is 17.8 Å². The van der Waals surface area contributed by atoms with E-state index in [0.717, 1.165) is 17.8 Å². The highest BCUT2D eigenvalue weighted by molar-refractivity contribution is 7.99. The molecule has 0 aliphatic rings. The van der Waals surface area contributed by atoms with Gasteiger partial charge in [-0.05, 0) is 36.4 Å². The zero-order valence-corrected chi connectivity index (χ0v) is 11.8. The molecular weight excluding hydrogens is 295 g/mol. The second-order valence-electron chi connectivity index (χ2n) is 4.15. The predicted molar refractivity (Wildman–Crippen MR) is 77.9 cm³/mol. The van der Waals surface area contributed by atoms with Gasteiger partial charge in [0, 0.05) is 17.5 Å². The quantitative estimate of drug-likeness (QED) is 0.688. The van der Waals surface area contributed by atoms with Gasteiger partial charge in [0.1, 0.15) is 0 Å². The fourth-order valence-corrected chi connectivity index (χ4v) is 2.63. The van der Waals surface area contributed by atoms with Crippen molar-refractivity contribution < 1.29 is 14.1 Å². The molecule has 1 amide bonds. The number of halogens is 1. The van der Waals surface area contributed by atoms with Gasteiger partial charge in [-0.3, -0.25) is 14.9 Å². The van der Waals surface area contributed by atoms with Crippen molar-refractivity contribution in [3.8, 4) is 0 Å². The lowest BCUT2D eigenvalue weighted by Gasteiger charge is -2.05. The van der Waals surface area contributed by atoms with Gasteiger partial charge < -0.3 is 5.32 Å². The zero-order valence-electron chi connectivity index (χ0n) is 11.0. The Morgan fingerprint density at radius 1 is 1.24 bits per heavy atom. The van der Waals surface area contributed by atoms with E-state index in [4.69, 9.17) is 0 Å². The maximum Gasteiger partial charge on any atom is 0.318 e. The number of amides is 1. The van der Waals surface area contributed by atoms with Crippen LogP contribution in [0.1, 0.15) is 6.92 Å². The Morgan fingerprint density at radius 3 is 2.48 bits per heavy atom. The van der Waals surface area contributed by atoms with Crippen molar-refractivity contribution in [3.63, 3.8) is 0 Å². The molecule has 0 aliphatic heterocycles. The molecule has 0 heterocycles. The highest BCUT2D eigenvalue weighted by Gasteiger charge is 2.20. The Balaban J connectivity index is 2.24. The van der Waals surface area contributed by atoms with E-state index in [1.54, 1.807) is 24.3 Å². The molecule has 2 aromatic rings. The minimum absolute atomic E-state index is 0.184. The summed E-state index contributed by atoms with van der Waals surface area (Å²) in [5.74, 6) is -1.05. The first-order valence-electron chi connectivity index (χ1n) is 5.96. The summed E-state index contributed by atoms with van der Waals surface area (Å²) in [6.07, 6.45) is 0. The van der Waals surface area contributed by atoms with Gasteiger partial charge >= 0.3 is 5.69 Å². The van der Waals surface area contributed by atoms with E-state index in [0.29, 0.717) is 10.6 Å². The van der Waals surface area contributed by atoms with Crippen molar-refractivity contribution in [2.75, 3.05) is 5.32 Å². The Morgan fingerprint density at radius 2 is 1.90 bits per heavy atom. The van der Waals surface area contributed by atoms with Crippen LogP contribution in [-0.2, 0) is 4.79 Å². The van der Waals surface area contributed by atoms with E-state index < -0.39 is 16.4 Å². The van der Waals surface area contributed by atoms with E-state index in [1.165, 1.54) is 19.1 Å². The molecule has 1 N–H and O–H groups in total. The molecule has 0 bridgehead atoms. The molecule has 7 heteroatoms. The second-order valence-corrected chi connectivity index (χ2v) is 5.27. The average molecular weight is 306 g/mol. The Hall–Kier alpha value is -2.41. The van der Waals surface area contributed by atoms with Crippen molar-refractivity contribution in [3.05, 3.63) is 58.4 Å². The van der Waals surface area contributed by atoms with Crippen LogP contribution in [0, 0.1) is 15.9 Å². The van der Waals surface area contributed by atoms with E-state index in [9.17, 15) is 19.3 Å². The summed E-state index contributed by atoms with van der Waals surface area (Å²) in [6.45, 7) is 1.40. The number of nitrogens with one attached hydrogen (secondary N) is 1. The van der Waals surface area contributed by atoms with Crippen LogP contribution in [0.25, 0.3) is 0 Å². The molecule has 21 heavy (non-hydrogen) atoms. The molecule has 0 saturated carbocycles. The lowest BCUT2D eigenvalue weighted by atomic mass is 10.3. The Bertz CT molecular complexity index is 689. The van der Waals surface area contributed by atoms with Gasteiger partial charge in [-0.2, -0.15) is 4.39 Å². The van der Waals surface area contributed by atoms with Gasteiger partial charge in [0.2, 0.25) is 11.7 Å². The first kappa shape index (κ1) is 15.0. The third-order valence-corrected chi connectivity index (χ3v) is 3.59. The largest absolute Gasteiger partial charge is 0.326 e. The van der Waals surface area contributed by atoms with Crippen molar-refractivity contribution >= 4 is 29.0 Å². The summed E-state index contributed by atoms with van der Waals surface area (Å²) >= 11 is 1.09. The number of nitro groups is 1. The molecule has 0 aromatic heterocycles. The van der Waals surface area contributed by atoms with Crippen LogP contribution in [-0.4, -0.2) is 10.8 Å². The molecule has 0 spiro atoms. The van der Waals surface area contributed by atoms with E-state index >= 15 is 0 Å². The van der Waals surface area contributed by atoms with Gasteiger partial charge in [-0.25, -0.2) is 0 Å². The Kier molecular flexibility index (Phi) is 4.54. The molecule has 0 radical (unpaired) electrons. The third kappa shape index (κ3) is 3.79. The normalized spacial score (nSPS) is 10.2. The lowest BCUT2D eigenvalue weighted by molar-refractivity contribution is -0.390. The molecule has 0 unspecified atom stereocenters. The van der Waals surface area contributed by atoms with Crippen LogP contribution in [0.3, 0.4) is 0 Å². The number of carbonyl (C=O) groups excluding carboxylic acids is 1. The van der Waals surface area contributed by atoms with E-state index in [1.807, 2.05) is 0 Å². The summed E-state index contributed by atoms with van der Waals surface area (Å²) in [5, 5.41) is 13.5. The molecule has 2 aromatic carbocycles. The number of anilines is 1. The van der Waals surface area contributed by atoms with Gasteiger partial charge in [-0.15, -0.1) is 0 Å². The summed E-state index contributed by atoms with van der Waals surface area (Å²) in [6, 6.07) is 10.7. The minimum atomic E-state index is -0.861. The molecular formula is C14H11FN2O3S. The predicted octanol–water partition coefficient (Wildman–Crippen LogP) is 3.84. The van der Waals surface area contributed by atoms with Gasteiger partial charge in [0.15, 0.2) is 0 Å². The smallest absolute Gasteiger partial charge is 0.318 e. The topological polar surface area (TPSA) is 72.2 Å². The summed E-state index contributed by atoms with van der Waals surface area (Å²) in [5.41, 5.74) is 0.0917. The number of carbonyl (C=O) groups is 1. The monoisotopic (exact) mass is 306 g/mol. The number of para-hydroxylation sites is 1. The fourth-order valence-electron chi connectivity index (χ4n) is 1.69. The SMILES string of the molecule is CC(=O)Nc1ccc(Sc2cccc(F)c2[N+](=O)[O-])cc1. The lowest BCUT2D eigenvalue weighted by Crippen LogP contribution is -2.05. The molecule has 0 saturated heterocycles. The Labute approximate surface area is 124 Å². The molecule has 0 fully saturated rings. The van der Waals surface area contributed by atoms with Crippen molar-refractivity contribution in [2.45, 2.75) is 16.7 Å². The van der Waals surface area contributed by atoms with Crippen LogP contribution in [0.4, 0.5) is 15.8 Å². The number of hydrogen-bond donors (Lipinski definition) is 1. The third-order valence-electron chi connectivity index (χ3n) is 2.53. The molecule has 108 valence electrons. The highest BCUT2D eigenvalue weighted by Crippen LogP contribution is 2.36. The number of hydrogen-bond acceptors (Lipinski definition) is 4. The van der Waals surface area contributed by atoms with Crippen LogP contribution >= 0.6 is 11.8 Å². The number of nitrogens with zero attached hydrogens (tertiary/aromatic N) is 1. The van der Waals surface area contributed by atoms with E-state index in [-0.39, 0.29) is 10.8 Å². The minimum Gasteiger partial charge on any atom is -0.326 e. The summed E-state index contributed by atoms with van der Waals surface area (Å²) in [7, 11) is 0. The number of nitro benzene ring substituents is 1. The van der Waals surface area contributed by atoms with Crippen LogP contribution < -0.4 is 5.32 Å². The van der Waals surface area contributed by atoms with Crippen LogP contribution in [0.5, 0.6) is 0 Å². The first-order chi connectivity index (χ1) is 9.97. The first-order valence-corrected chi connectivity index (χ1v) is 6.77. The molecule has 0 atom stereocenters. The van der Waals surface area contributed by atoms with Gasteiger partial charge in [0.05, 0.1) is 9.82 Å². The van der Waals surface area contributed by atoms with Crippen LogP contribution in [0.15, 0.2) is 52.3 Å². The maximum atomic E-state index is 13.5. The second kappa shape index (κ2) is 6.36. The van der Waals surface area contributed by atoms with Crippen molar-refractivity contribution in [1.29, 1.82) is 0 Å². The highest BCUT2D eigenvalue weighted by atomic mass is 32.2. The van der Waals surface area contributed by atoms with Crippen LogP contribution in [0.2, 0.25) is 0 Å². The summed E-state index contributed by atoms with van der Waals surface area (Å²) in [4.78, 5) is 22.0. The average Bonchev–Trinajstić information content (AvgIpc) is 2.40. The summed E-state index contributed by atoms with van der Waals surface area (Å²) < 4.78 is 13.5. The molecule has 5 nitrogen and oxygen atoms in total. The van der Waals surface area contributed by atoms with Gasteiger partial charge in [0.25, 0.3) is 0 Å². The molecule has 2 rings (SSSR count).